The minimum atomic E-state index is -1.14. The van der Waals surface area contributed by atoms with Gasteiger partial charge in [0.1, 0.15) is 40.1 Å². The van der Waals surface area contributed by atoms with Crippen molar-refractivity contribution in [2.24, 2.45) is 0 Å². The summed E-state index contributed by atoms with van der Waals surface area (Å²) >= 11 is 0. The summed E-state index contributed by atoms with van der Waals surface area (Å²) in [6.07, 6.45) is -0.118. The molecular formula is C41H43F3N6O4. The smallest absolute Gasteiger partial charge is 0.410 e. The molecule has 7 rings (SSSR count). The number of nitrogens with zero attached hydrogens (tertiary/aromatic N) is 6. The van der Waals surface area contributed by atoms with Gasteiger partial charge >= 0.3 is 12.2 Å². The van der Waals surface area contributed by atoms with Crippen LogP contribution in [0.15, 0.2) is 66.7 Å². The largest absolute Gasteiger partial charge is 0.497 e. The fourth-order valence-electron chi connectivity index (χ4n) is 7.38. The van der Waals surface area contributed by atoms with Crippen LogP contribution in [-0.4, -0.2) is 70.9 Å². The summed E-state index contributed by atoms with van der Waals surface area (Å²) in [5.41, 5.74) is 1.27. The molecule has 0 spiro atoms. The Bertz CT molecular complexity index is 2110. The number of hydrogen-bond donors (Lipinski definition) is 0. The fraction of sp³-hybridized carbons (Fsp3) is 0.366. The molecule has 2 aliphatic heterocycles. The van der Waals surface area contributed by atoms with Crippen molar-refractivity contribution in [3.8, 4) is 22.8 Å². The number of piperazine rings is 1. The number of methoxy groups -OCH3 is 2. The van der Waals surface area contributed by atoms with Gasteiger partial charge in [-0.25, -0.2) is 18.6 Å². The summed E-state index contributed by atoms with van der Waals surface area (Å²) in [6.45, 7) is 8.72. The topological polar surface area (TPSA) is 93.2 Å². The molecule has 0 radical (unpaired) electrons. The van der Waals surface area contributed by atoms with Gasteiger partial charge in [0, 0.05) is 31.6 Å². The summed E-state index contributed by atoms with van der Waals surface area (Å²) in [5, 5.41) is 0.0359. The van der Waals surface area contributed by atoms with Gasteiger partial charge in [0.25, 0.3) is 0 Å². The fourth-order valence-corrected chi connectivity index (χ4v) is 7.38. The first kappa shape index (κ1) is 36.8. The summed E-state index contributed by atoms with van der Waals surface area (Å²) in [4.78, 5) is 31.2. The van der Waals surface area contributed by atoms with Gasteiger partial charge in [0.2, 0.25) is 0 Å². The van der Waals surface area contributed by atoms with Gasteiger partial charge in [-0.05, 0) is 99.7 Å². The van der Waals surface area contributed by atoms with Crippen LogP contribution in [0.1, 0.15) is 50.3 Å². The second-order valence-corrected chi connectivity index (χ2v) is 14.9. The van der Waals surface area contributed by atoms with Crippen LogP contribution >= 0.6 is 0 Å². The molecular weight excluding hydrogens is 697 g/mol. The lowest BCUT2D eigenvalue weighted by Crippen LogP contribution is -2.57. The summed E-state index contributed by atoms with van der Waals surface area (Å²) in [5.74, 6) is 0.0839. The standard InChI is InChI=1S/C41H43F3N6O4/c1-24-17-33(45-34(18-24)48(20-25-7-13-29(52-5)14-8-25)21-26-9-15-30(53-6)16-10-26)35-32(42)19-31-37(36(35)43)46-39(44)47-38(31)49-22-27-11-12-28(23-49)50(27)40(51)54-41(2,3)4/h7-10,13-19,27-28H,11-12,20-23H2,1-6H3. The van der Waals surface area contributed by atoms with E-state index >= 15 is 13.2 Å². The second kappa shape index (κ2) is 14.7. The number of ether oxygens (including phenoxy) is 3. The van der Waals surface area contributed by atoms with E-state index in [1.54, 1.807) is 30.1 Å². The van der Waals surface area contributed by atoms with E-state index in [1.165, 1.54) is 0 Å². The molecule has 2 atom stereocenters. The predicted octanol–water partition coefficient (Wildman–Crippen LogP) is 8.23. The molecule has 4 heterocycles. The quantitative estimate of drug-likeness (QED) is 0.139. The van der Waals surface area contributed by atoms with Gasteiger partial charge < -0.3 is 24.0 Å². The zero-order valence-corrected chi connectivity index (χ0v) is 31.2. The van der Waals surface area contributed by atoms with Crippen LogP contribution in [0.25, 0.3) is 22.2 Å². The molecule has 0 saturated carbocycles. The third-order valence-electron chi connectivity index (χ3n) is 9.82. The van der Waals surface area contributed by atoms with Gasteiger partial charge in [-0.3, -0.25) is 4.90 Å². The normalized spacial score (nSPS) is 16.8. The Labute approximate surface area is 312 Å². The Hall–Kier alpha value is -5.59. The number of fused-ring (bicyclic) bond motifs is 3. The summed E-state index contributed by atoms with van der Waals surface area (Å²) in [6, 6.07) is 19.5. The molecule has 2 aromatic heterocycles. The van der Waals surface area contributed by atoms with E-state index in [9.17, 15) is 4.79 Å². The van der Waals surface area contributed by atoms with Crippen molar-refractivity contribution in [3.05, 3.63) is 101 Å². The number of rotatable bonds is 9. The van der Waals surface area contributed by atoms with E-state index in [0.717, 1.165) is 34.3 Å². The summed E-state index contributed by atoms with van der Waals surface area (Å²) in [7, 11) is 3.21. The lowest BCUT2D eigenvalue weighted by atomic mass is 10.0. The highest BCUT2D eigenvalue weighted by atomic mass is 19.1. The number of aromatic nitrogens is 3. The number of pyridine rings is 1. The van der Waals surface area contributed by atoms with Gasteiger partial charge in [-0.2, -0.15) is 14.4 Å². The Morgan fingerprint density at radius 2 is 1.41 bits per heavy atom. The molecule has 13 heteroatoms. The number of halogens is 3. The van der Waals surface area contributed by atoms with Crippen molar-refractivity contribution >= 4 is 28.6 Å². The number of hydrogen-bond acceptors (Lipinski definition) is 9. The number of benzene rings is 3. The van der Waals surface area contributed by atoms with Gasteiger partial charge in [-0.15, -0.1) is 0 Å². The third-order valence-corrected chi connectivity index (χ3v) is 9.82. The number of aryl methyl sites for hydroxylation is 1. The Balaban J connectivity index is 1.24. The van der Waals surface area contributed by atoms with Gasteiger partial charge in [0.15, 0.2) is 5.82 Å². The molecule has 282 valence electrons. The van der Waals surface area contributed by atoms with Gasteiger partial charge in [-0.1, -0.05) is 24.3 Å². The van der Waals surface area contributed by atoms with Crippen LogP contribution < -0.4 is 19.3 Å². The average molecular weight is 741 g/mol. The van der Waals surface area contributed by atoms with Crippen LogP contribution in [0, 0.1) is 24.6 Å². The molecule has 54 heavy (non-hydrogen) atoms. The van der Waals surface area contributed by atoms with Crippen molar-refractivity contribution in [2.75, 3.05) is 37.1 Å². The molecule has 0 N–H and O–H groups in total. The molecule has 2 bridgehead atoms. The molecule has 1 amide bonds. The van der Waals surface area contributed by atoms with E-state index in [-0.39, 0.29) is 34.5 Å². The monoisotopic (exact) mass is 740 g/mol. The molecule has 2 unspecified atom stereocenters. The Kier molecular flexibility index (Phi) is 9.99. The van der Waals surface area contributed by atoms with E-state index < -0.39 is 35.0 Å². The second-order valence-electron chi connectivity index (χ2n) is 14.9. The highest BCUT2D eigenvalue weighted by molar-refractivity contribution is 5.93. The van der Waals surface area contributed by atoms with E-state index in [4.69, 9.17) is 19.2 Å². The van der Waals surface area contributed by atoms with E-state index in [1.807, 2.05) is 87.2 Å². The molecule has 2 saturated heterocycles. The predicted molar refractivity (Wildman–Crippen MR) is 200 cm³/mol. The van der Waals surface area contributed by atoms with Gasteiger partial charge in [0.05, 0.1) is 37.6 Å². The third kappa shape index (κ3) is 7.57. The zero-order chi connectivity index (χ0) is 38.3. The minimum absolute atomic E-state index is 0.0359. The van der Waals surface area contributed by atoms with Crippen molar-refractivity contribution in [1.82, 2.24) is 19.9 Å². The molecule has 5 aromatic rings. The van der Waals surface area contributed by atoms with Crippen LogP contribution in [-0.2, 0) is 17.8 Å². The number of carbonyl (C=O) groups excluding carboxylic acids is 1. The van der Waals surface area contributed by atoms with Crippen molar-refractivity contribution < 1.29 is 32.2 Å². The first-order valence-corrected chi connectivity index (χ1v) is 17.9. The van der Waals surface area contributed by atoms with Crippen molar-refractivity contribution in [3.63, 3.8) is 0 Å². The first-order valence-electron chi connectivity index (χ1n) is 17.9. The Morgan fingerprint density at radius 3 is 1.94 bits per heavy atom. The molecule has 3 aromatic carbocycles. The number of carbonyl (C=O) groups is 1. The van der Waals surface area contributed by atoms with Crippen LogP contribution in [0.2, 0.25) is 0 Å². The van der Waals surface area contributed by atoms with E-state index in [2.05, 4.69) is 9.97 Å². The first-order chi connectivity index (χ1) is 25.8. The lowest BCUT2D eigenvalue weighted by molar-refractivity contribution is 0.0122. The summed E-state index contributed by atoms with van der Waals surface area (Å²) < 4.78 is 64.5. The molecule has 2 fully saturated rings. The minimum Gasteiger partial charge on any atom is -0.497 e. The molecule has 10 nitrogen and oxygen atoms in total. The zero-order valence-electron chi connectivity index (χ0n) is 31.2. The average Bonchev–Trinajstić information content (AvgIpc) is 3.40. The van der Waals surface area contributed by atoms with E-state index in [0.29, 0.717) is 44.8 Å². The van der Waals surface area contributed by atoms with Crippen molar-refractivity contribution in [1.29, 1.82) is 0 Å². The van der Waals surface area contributed by atoms with Crippen LogP contribution in [0.5, 0.6) is 11.5 Å². The highest BCUT2D eigenvalue weighted by Gasteiger charge is 2.45. The highest BCUT2D eigenvalue weighted by Crippen LogP contribution is 2.39. The van der Waals surface area contributed by atoms with Crippen LogP contribution in [0.4, 0.5) is 29.6 Å². The lowest BCUT2D eigenvalue weighted by Gasteiger charge is -2.42. The Morgan fingerprint density at radius 1 is 0.833 bits per heavy atom. The molecule has 0 aliphatic carbocycles. The number of amides is 1. The molecule has 2 aliphatic rings. The van der Waals surface area contributed by atoms with Crippen molar-refractivity contribution in [2.45, 2.75) is 71.3 Å². The maximum atomic E-state index is 16.7. The number of anilines is 2. The van der Waals surface area contributed by atoms with Crippen LogP contribution in [0.3, 0.4) is 0 Å². The SMILES string of the molecule is COc1ccc(CN(Cc2ccc(OC)cc2)c2cc(C)cc(-c3c(F)cc4c(N5CC6CCC(C5)N6C(=O)OC(C)(C)C)nc(F)nc4c3F)n2)cc1. The maximum Gasteiger partial charge on any atom is 0.410 e. The maximum absolute atomic E-state index is 16.7.